The monoisotopic (exact) mass is 230 g/mol. The zero-order valence-electron chi connectivity index (χ0n) is 11.1. The van der Waals surface area contributed by atoms with Gasteiger partial charge in [-0.05, 0) is 54.6 Å². The fraction of sp³-hybridized carbons (Fsp3) is 1.00. The van der Waals surface area contributed by atoms with Crippen molar-refractivity contribution in [2.75, 3.05) is 0 Å². The average Bonchev–Trinajstić information content (AvgIpc) is 1.77. The minimum Gasteiger partial charge on any atom is -0.322 e. The van der Waals surface area contributed by atoms with E-state index in [-0.39, 0.29) is 9.84 Å². The maximum Gasteiger partial charge on any atom is 0.189 e. The summed E-state index contributed by atoms with van der Waals surface area (Å²) in [5, 5.41) is 0. The van der Waals surface area contributed by atoms with Crippen LogP contribution < -0.4 is 0 Å². The lowest BCUT2D eigenvalue weighted by Crippen LogP contribution is -2.84. The molecule has 0 aliphatic carbocycles. The minimum atomic E-state index is -1.25. The molecule has 0 saturated carbocycles. The lowest BCUT2D eigenvalue weighted by Gasteiger charge is -2.65. The molecule has 0 aromatic heterocycles. The summed E-state index contributed by atoms with van der Waals surface area (Å²) in [6, 6.07) is 0. The molecule has 0 aromatic rings. The summed E-state index contributed by atoms with van der Waals surface area (Å²) in [7, 11) is -1.40. The second kappa shape index (κ2) is 3.17. The summed E-state index contributed by atoms with van der Waals surface area (Å²) < 4.78 is 5.65. The highest BCUT2D eigenvalue weighted by Crippen LogP contribution is 2.36. The van der Waals surface area contributed by atoms with Crippen LogP contribution in [-0.2, 0) is 0 Å². The SMILES string of the molecule is CC(C)(C)N1[SiH2]N(C(C)(C)C)[Si]1(C)C. The van der Waals surface area contributed by atoms with E-state index in [0.717, 1.165) is 0 Å². The molecule has 14 heavy (non-hydrogen) atoms. The van der Waals surface area contributed by atoms with Crippen molar-refractivity contribution in [1.29, 1.82) is 0 Å². The van der Waals surface area contributed by atoms with Gasteiger partial charge in [-0.15, -0.1) is 0 Å². The lowest BCUT2D eigenvalue weighted by atomic mass is 10.1. The number of rotatable bonds is 0. The molecule has 0 radical (unpaired) electrons. The van der Waals surface area contributed by atoms with Crippen LogP contribution >= 0.6 is 0 Å². The van der Waals surface area contributed by atoms with Crippen LogP contribution in [0.1, 0.15) is 41.5 Å². The molecular weight excluding hydrogens is 204 g/mol. The molecule has 84 valence electrons. The van der Waals surface area contributed by atoms with Crippen molar-refractivity contribution >= 4 is 18.2 Å². The second-order valence-electron chi connectivity index (χ2n) is 6.83. The van der Waals surface area contributed by atoms with Crippen molar-refractivity contribution in [2.45, 2.75) is 65.7 Å². The van der Waals surface area contributed by atoms with Gasteiger partial charge in [0.25, 0.3) is 0 Å². The van der Waals surface area contributed by atoms with E-state index in [4.69, 9.17) is 0 Å². The first-order chi connectivity index (χ1) is 5.97. The minimum absolute atomic E-state index is 0.151. The van der Waals surface area contributed by atoms with Crippen molar-refractivity contribution < 1.29 is 0 Å². The summed E-state index contributed by atoms with van der Waals surface area (Å²) in [4.78, 5) is 0. The quantitative estimate of drug-likeness (QED) is 0.587. The van der Waals surface area contributed by atoms with E-state index >= 15 is 0 Å². The highest BCUT2D eigenvalue weighted by molar-refractivity contribution is 6.90. The van der Waals surface area contributed by atoms with Crippen LogP contribution in [0.25, 0.3) is 0 Å². The molecule has 0 unspecified atom stereocenters. The first-order valence-electron chi connectivity index (χ1n) is 5.53. The summed E-state index contributed by atoms with van der Waals surface area (Å²) >= 11 is 0. The fourth-order valence-electron chi connectivity index (χ4n) is 2.62. The Bertz CT molecular complexity index is 203. The van der Waals surface area contributed by atoms with E-state index in [1.165, 1.54) is 0 Å². The molecule has 0 aromatic carbocycles. The molecule has 0 atom stereocenters. The van der Waals surface area contributed by atoms with Gasteiger partial charge in [0.05, 0.1) is 0 Å². The van der Waals surface area contributed by atoms with Crippen LogP contribution in [-0.4, -0.2) is 37.8 Å². The Kier molecular flexibility index (Phi) is 2.81. The molecule has 4 heteroatoms. The van der Waals surface area contributed by atoms with Crippen LogP contribution in [0.2, 0.25) is 13.1 Å². The largest absolute Gasteiger partial charge is 0.322 e. The molecule has 2 nitrogen and oxygen atoms in total. The number of hydrogen-bond donors (Lipinski definition) is 0. The van der Waals surface area contributed by atoms with E-state index in [9.17, 15) is 0 Å². The molecule has 0 N–H and O–H groups in total. The van der Waals surface area contributed by atoms with Gasteiger partial charge < -0.3 is 8.46 Å². The van der Waals surface area contributed by atoms with Crippen molar-refractivity contribution in [3.63, 3.8) is 0 Å². The fourth-order valence-corrected chi connectivity index (χ4v) is 10.8. The molecule has 0 spiro atoms. The van der Waals surface area contributed by atoms with Crippen molar-refractivity contribution in [2.24, 2.45) is 0 Å². The second-order valence-corrected chi connectivity index (χ2v) is 13.7. The topological polar surface area (TPSA) is 6.48 Å². The van der Waals surface area contributed by atoms with Gasteiger partial charge >= 0.3 is 0 Å². The summed E-state index contributed by atoms with van der Waals surface area (Å²) in [6.07, 6.45) is 0. The van der Waals surface area contributed by atoms with Gasteiger partial charge in [-0.25, -0.2) is 0 Å². The van der Waals surface area contributed by atoms with Gasteiger partial charge in [0, 0.05) is 11.1 Å². The van der Waals surface area contributed by atoms with Crippen LogP contribution in [0.3, 0.4) is 0 Å². The molecule has 1 heterocycles. The summed E-state index contributed by atoms with van der Waals surface area (Å²) in [6.45, 7) is 19.1. The van der Waals surface area contributed by atoms with E-state index in [2.05, 4.69) is 63.1 Å². The molecule has 1 aliphatic heterocycles. The van der Waals surface area contributed by atoms with Crippen molar-refractivity contribution in [1.82, 2.24) is 8.46 Å². The van der Waals surface area contributed by atoms with Crippen molar-refractivity contribution in [3.8, 4) is 0 Å². The Morgan fingerprint density at radius 2 is 1.07 bits per heavy atom. The Hall–Kier alpha value is 0.354. The highest BCUT2D eigenvalue weighted by atomic mass is 28.4. The third-order valence-corrected chi connectivity index (χ3v) is 15.2. The Morgan fingerprint density at radius 3 is 1.21 bits per heavy atom. The molecule has 1 fully saturated rings. The van der Waals surface area contributed by atoms with Crippen LogP contribution in [0.4, 0.5) is 0 Å². The Morgan fingerprint density at radius 1 is 0.786 bits per heavy atom. The van der Waals surface area contributed by atoms with Gasteiger partial charge in [0.15, 0.2) is 18.2 Å². The van der Waals surface area contributed by atoms with Gasteiger partial charge in [0.2, 0.25) is 0 Å². The summed E-state index contributed by atoms with van der Waals surface area (Å²) in [5.74, 6) is 0. The third-order valence-electron chi connectivity index (χ3n) is 3.22. The normalized spacial score (nSPS) is 24.9. The van der Waals surface area contributed by atoms with E-state index < -0.39 is 8.40 Å². The van der Waals surface area contributed by atoms with E-state index in [1.807, 2.05) is 0 Å². The highest BCUT2D eigenvalue weighted by Gasteiger charge is 2.54. The van der Waals surface area contributed by atoms with E-state index in [0.29, 0.717) is 11.1 Å². The van der Waals surface area contributed by atoms with Gasteiger partial charge in [-0.2, -0.15) is 0 Å². The molecule has 0 amide bonds. The standard InChI is InChI=1S/C10H26N2Si2/c1-9(2,3)11-13-12(10(4,5)6)14(11,7)8/h13H2,1-8H3. The van der Waals surface area contributed by atoms with Gasteiger partial charge in [0.1, 0.15) is 0 Å². The Balaban J connectivity index is 2.79. The zero-order chi connectivity index (χ0) is 11.4. The smallest absolute Gasteiger partial charge is 0.189 e. The number of nitrogens with zero attached hydrogens (tertiary/aromatic N) is 2. The molecular formula is C10H26N2Si2. The van der Waals surface area contributed by atoms with Crippen molar-refractivity contribution in [3.05, 3.63) is 0 Å². The molecule has 1 saturated heterocycles. The molecule has 0 bridgehead atoms. The molecule has 1 rings (SSSR count). The molecule has 1 aliphatic rings. The Labute approximate surface area is 92.8 Å². The lowest BCUT2D eigenvalue weighted by molar-refractivity contribution is 0.222. The van der Waals surface area contributed by atoms with Gasteiger partial charge in [-0.3, -0.25) is 0 Å². The predicted octanol–water partition coefficient (Wildman–Crippen LogP) is 1.90. The van der Waals surface area contributed by atoms with Crippen LogP contribution in [0.5, 0.6) is 0 Å². The van der Waals surface area contributed by atoms with Gasteiger partial charge in [-0.1, -0.05) is 0 Å². The maximum absolute atomic E-state index is 2.82. The predicted molar refractivity (Wildman–Crippen MR) is 69.2 cm³/mol. The average molecular weight is 231 g/mol. The maximum atomic E-state index is 2.82. The van der Waals surface area contributed by atoms with E-state index in [1.54, 1.807) is 0 Å². The zero-order valence-corrected chi connectivity index (χ0v) is 13.5. The van der Waals surface area contributed by atoms with Crippen LogP contribution in [0.15, 0.2) is 0 Å². The first kappa shape index (κ1) is 12.4. The van der Waals surface area contributed by atoms with Crippen LogP contribution in [0, 0.1) is 0 Å². The third kappa shape index (κ3) is 1.98. The number of hydrogen-bond acceptors (Lipinski definition) is 2. The summed E-state index contributed by atoms with van der Waals surface area (Å²) in [5.41, 5.74) is 0.785. The first-order valence-corrected chi connectivity index (χ1v) is 9.69.